The SMILES string of the molecule is C=C1C=C(C)N(C)N1. The number of hydrogen-bond donors (Lipinski definition) is 1. The van der Waals surface area contributed by atoms with Gasteiger partial charge in [-0.3, -0.25) is 10.4 Å². The number of nitrogens with one attached hydrogen (secondary N) is 1. The fourth-order valence-corrected chi connectivity index (χ4v) is 0.685. The minimum Gasteiger partial charge on any atom is -0.300 e. The highest BCUT2D eigenvalue weighted by Gasteiger charge is 2.05. The van der Waals surface area contributed by atoms with Gasteiger partial charge in [-0.15, -0.1) is 0 Å². The monoisotopic (exact) mass is 110 g/mol. The van der Waals surface area contributed by atoms with Gasteiger partial charge >= 0.3 is 0 Å². The molecule has 1 N–H and O–H groups in total. The van der Waals surface area contributed by atoms with Crippen molar-refractivity contribution in [3.8, 4) is 0 Å². The Labute approximate surface area is 49.5 Å². The Morgan fingerprint density at radius 2 is 2.38 bits per heavy atom. The first kappa shape index (κ1) is 5.22. The highest BCUT2D eigenvalue weighted by Crippen LogP contribution is 2.08. The van der Waals surface area contributed by atoms with E-state index >= 15 is 0 Å². The van der Waals surface area contributed by atoms with Gasteiger partial charge in [-0.05, 0) is 13.0 Å². The Hall–Kier alpha value is -0.920. The largest absolute Gasteiger partial charge is 0.300 e. The second-order valence-electron chi connectivity index (χ2n) is 1.98. The van der Waals surface area contributed by atoms with Gasteiger partial charge in [0.15, 0.2) is 0 Å². The summed E-state index contributed by atoms with van der Waals surface area (Å²) in [5.41, 5.74) is 5.18. The van der Waals surface area contributed by atoms with Crippen molar-refractivity contribution in [1.29, 1.82) is 0 Å². The zero-order chi connectivity index (χ0) is 6.15. The minimum atomic E-state index is 0.963. The summed E-state index contributed by atoms with van der Waals surface area (Å²) >= 11 is 0. The van der Waals surface area contributed by atoms with Gasteiger partial charge in [-0.25, -0.2) is 0 Å². The van der Waals surface area contributed by atoms with Crippen LogP contribution in [0.2, 0.25) is 0 Å². The smallest absolute Gasteiger partial charge is 0.0487 e. The molecule has 0 unspecified atom stereocenters. The first-order valence-electron chi connectivity index (χ1n) is 2.58. The number of rotatable bonds is 0. The summed E-state index contributed by atoms with van der Waals surface area (Å²) in [7, 11) is 1.96. The maximum absolute atomic E-state index is 3.73. The third-order valence-corrected chi connectivity index (χ3v) is 1.22. The first-order chi connectivity index (χ1) is 3.70. The molecule has 0 aromatic carbocycles. The van der Waals surface area contributed by atoms with Crippen LogP contribution in [0.3, 0.4) is 0 Å². The predicted octanol–water partition coefficient (Wildman–Crippen LogP) is 0.854. The summed E-state index contributed by atoms with van der Waals surface area (Å²) in [6.07, 6.45) is 2.00. The molecule has 0 bridgehead atoms. The molecule has 8 heavy (non-hydrogen) atoms. The Morgan fingerprint density at radius 1 is 1.75 bits per heavy atom. The first-order valence-corrected chi connectivity index (χ1v) is 2.58. The molecular weight excluding hydrogens is 100 g/mol. The lowest BCUT2D eigenvalue weighted by atomic mass is 10.4. The molecule has 0 saturated heterocycles. The van der Waals surface area contributed by atoms with Crippen LogP contribution in [-0.2, 0) is 0 Å². The molecule has 0 radical (unpaired) electrons. The van der Waals surface area contributed by atoms with E-state index in [9.17, 15) is 0 Å². The highest BCUT2D eigenvalue weighted by atomic mass is 15.5. The molecular formula is C6H10N2. The summed E-state index contributed by atoms with van der Waals surface area (Å²) in [4.78, 5) is 0. The summed E-state index contributed by atoms with van der Waals surface area (Å²) in [6, 6.07) is 0. The second-order valence-corrected chi connectivity index (χ2v) is 1.98. The van der Waals surface area contributed by atoms with Crippen molar-refractivity contribution in [1.82, 2.24) is 10.4 Å². The molecule has 1 heterocycles. The van der Waals surface area contributed by atoms with Crippen LogP contribution in [-0.4, -0.2) is 12.1 Å². The van der Waals surface area contributed by atoms with Gasteiger partial charge in [0.1, 0.15) is 0 Å². The topological polar surface area (TPSA) is 15.3 Å². The molecule has 1 aliphatic heterocycles. The zero-order valence-electron chi connectivity index (χ0n) is 5.23. The number of nitrogens with zero attached hydrogens (tertiary/aromatic N) is 1. The molecule has 2 heteroatoms. The lowest BCUT2D eigenvalue weighted by Gasteiger charge is -2.12. The average molecular weight is 110 g/mol. The normalized spacial score (nSPS) is 18.5. The predicted molar refractivity (Wildman–Crippen MR) is 33.8 cm³/mol. The third kappa shape index (κ3) is 0.689. The quantitative estimate of drug-likeness (QED) is 0.497. The van der Waals surface area contributed by atoms with Crippen molar-refractivity contribution in [2.45, 2.75) is 6.92 Å². The summed E-state index contributed by atoms with van der Waals surface area (Å²) < 4.78 is 0. The Bertz CT molecular complexity index is 147. The van der Waals surface area contributed by atoms with Crippen molar-refractivity contribution in [2.75, 3.05) is 7.05 Å². The number of hydrazine groups is 1. The molecule has 2 nitrogen and oxygen atoms in total. The fourth-order valence-electron chi connectivity index (χ4n) is 0.685. The molecule has 0 spiro atoms. The number of allylic oxidation sites excluding steroid dienone is 2. The zero-order valence-corrected chi connectivity index (χ0v) is 5.23. The molecule has 0 fully saturated rings. The molecule has 0 aromatic rings. The van der Waals surface area contributed by atoms with Crippen molar-refractivity contribution in [2.24, 2.45) is 0 Å². The Kier molecular flexibility index (Phi) is 1.01. The lowest BCUT2D eigenvalue weighted by Crippen LogP contribution is -2.24. The van der Waals surface area contributed by atoms with Gasteiger partial charge in [-0.2, -0.15) is 0 Å². The van der Waals surface area contributed by atoms with E-state index in [1.54, 1.807) is 0 Å². The van der Waals surface area contributed by atoms with E-state index in [4.69, 9.17) is 0 Å². The van der Waals surface area contributed by atoms with E-state index in [0.29, 0.717) is 0 Å². The summed E-state index contributed by atoms with van der Waals surface area (Å²) in [6.45, 7) is 5.76. The van der Waals surface area contributed by atoms with Gasteiger partial charge < -0.3 is 0 Å². The van der Waals surface area contributed by atoms with Crippen molar-refractivity contribution in [3.63, 3.8) is 0 Å². The van der Waals surface area contributed by atoms with Crippen LogP contribution in [0.5, 0.6) is 0 Å². The maximum atomic E-state index is 3.73. The molecule has 0 atom stereocenters. The number of hydrogen-bond acceptors (Lipinski definition) is 2. The molecule has 0 aromatic heterocycles. The molecule has 1 rings (SSSR count). The summed E-state index contributed by atoms with van der Waals surface area (Å²) in [5, 5.41) is 1.93. The van der Waals surface area contributed by atoms with Crippen molar-refractivity contribution >= 4 is 0 Å². The Morgan fingerprint density at radius 3 is 2.50 bits per heavy atom. The van der Waals surface area contributed by atoms with Crippen LogP contribution in [0.25, 0.3) is 0 Å². The fraction of sp³-hybridized carbons (Fsp3) is 0.333. The summed E-state index contributed by atoms with van der Waals surface area (Å²) in [5.74, 6) is 0. The van der Waals surface area contributed by atoms with Crippen LogP contribution >= 0.6 is 0 Å². The van der Waals surface area contributed by atoms with E-state index in [2.05, 4.69) is 12.0 Å². The van der Waals surface area contributed by atoms with Crippen LogP contribution < -0.4 is 5.43 Å². The molecule has 0 aliphatic carbocycles. The van der Waals surface area contributed by atoms with Crippen LogP contribution in [0, 0.1) is 0 Å². The lowest BCUT2D eigenvalue weighted by molar-refractivity contribution is 0.367. The average Bonchev–Trinajstić information content (AvgIpc) is 1.85. The van der Waals surface area contributed by atoms with Gasteiger partial charge in [0.05, 0.1) is 0 Å². The van der Waals surface area contributed by atoms with E-state index in [1.807, 2.05) is 25.1 Å². The molecule has 44 valence electrons. The third-order valence-electron chi connectivity index (χ3n) is 1.22. The standard InChI is InChI=1S/C6H10N2/c1-5-4-6(2)8(3)7-5/h4,7H,1H2,2-3H3. The van der Waals surface area contributed by atoms with Gasteiger partial charge in [0.25, 0.3) is 0 Å². The van der Waals surface area contributed by atoms with E-state index in [1.165, 1.54) is 5.70 Å². The molecule has 0 amide bonds. The van der Waals surface area contributed by atoms with E-state index in [0.717, 1.165) is 5.70 Å². The van der Waals surface area contributed by atoms with E-state index < -0.39 is 0 Å². The van der Waals surface area contributed by atoms with E-state index in [-0.39, 0.29) is 0 Å². The molecule has 0 saturated carbocycles. The van der Waals surface area contributed by atoms with Crippen LogP contribution in [0.4, 0.5) is 0 Å². The second kappa shape index (κ2) is 1.54. The molecule has 1 aliphatic rings. The Balaban J connectivity index is 2.73. The van der Waals surface area contributed by atoms with Crippen molar-refractivity contribution < 1.29 is 0 Å². The van der Waals surface area contributed by atoms with Crippen molar-refractivity contribution in [3.05, 3.63) is 24.0 Å². The van der Waals surface area contributed by atoms with Gasteiger partial charge in [0.2, 0.25) is 0 Å². The van der Waals surface area contributed by atoms with Gasteiger partial charge in [0, 0.05) is 18.4 Å². The highest BCUT2D eigenvalue weighted by molar-refractivity contribution is 5.22. The van der Waals surface area contributed by atoms with Crippen LogP contribution in [0.15, 0.2) is 24.0 Å². The van der Waals surface area contributed by atoms with Gasteiger partial charge in [-0.1, -0.05) is 6.58 Å². The maximum Gasteiger partial charge on any atom is 0.0487 e. The van der Waals surface area contributed by atoms with Crippen LogP contribution in [0.1, 0.15) is 6.92 Å². The minimum absolute atomic E-state index is 0.963.